The number of hydrogen-bond acceptors (Lipinski definition) is 2. The highest BCUT2D eigenvalue weighted by Crippen LogP contribution is 2.31. The molecule has 84 valence electrons. The van der Waals surface area contributed by atoms with Crippen LogP contribution < -0.4 is 10.2 Å². The van der Waals surface area contributed by atoms with Crippen LogP contribution in [0.25, 0.3) is 0 Å². The van der Waals surface area contributed by atoms with Gasteiger partial charge in [-0.25, -0.2) is 9.59 Å². The molecule has 2 N–H and O–H groups in total. The highest BCUT2D eigenvalue weighted by Gasteiger charge is 2.27. The van der Waals surface area contributed by atoms with Crippen LogP contribution in [0.4, 0.5) is 10.5 Å². The molecule has 1 aliphatic heterocycles. The Morgan fingerprint density at radius 2 is 2.25 bits per heavy atom. The van der Waals surface area contributed by atoms with Crippen molar-refractivity contribution in [3.05, 3.63) is 28.2 Å². The number of carbonyl (C=O) groups is 2. The molecule has 2 rings (SSSR count). The van der Waals surface area contributed by atoms with Gasteiger partial charge in [0.1, 0.15) is 0 Å². The van der Waals surface area contributed by atoms with E-state index in [0.717, 1.165) is 0 Å². The van der Waals surface area contributed by atoms with Crippen molar-refractivity contribution in [2.24, 2.45) is 0 Å². The first kappa shape index (κ1) is 10.9. The van der Waals surface area contributed by atoms with Gasteiger partial charge in [0.15, 0.2) is 0 Å². The van der Waals surface area contributed by atoms with Gasteiger partial charge in [-0.2, -0.15) is 0 Å². The number of carboxylic acid groups (broad SMARTS) is 1. The van der Waals surface area contributed by atoms with Crippen molar-refractivity contribution in [3.63, 3.8) is 0 Å². The third kappa shape index (κ3) is 1.76. The third-order valence-corrected chi connectivity index (χ3v) is 2.98. The molecule has 0 spiro atoms. The first-order valence-electron chi connectivity index (χ1n) is 4.68. The Balaban J connectivity index is 2.53. The molecule has 0 aromatic heterocycles. The van der Waals surface area contributed by atoms with E-state index in [2.05, 4.69) is 21.2 Å². The van der Waals surface area contributed by atoms with E-state index in [4.69, 9.17) is 5.11 Å². The van der Waals surface area contributed by atoms with Crippen molar-refractivity contribution in [3.8, 4) is 0 Å². The second-order valence-electron chi connectivity index (χ2n) is 3.32. The van der Waals surface area contributed by atoms with E-state index in [0.29, 0.717) is 23.2 Å². The molecule has 2 amide bonds. The van der Waals surface area contributed by atoms with Crippen molar-refractivity contribution in [1.82, 2.24) is 5.32 Å². The van der Waals surface area contributed by atoms with Gasteiger partial charge in [-0.05, 0) is 28.1 Å². The molecule has 1 aromatic carbocycles. The van der Waals surface area contributed by atoms with Gasteiger partial charge in [0.05, 0.1) is 11.3 Å². The highest BCUT2D eigenvalue weighted by molar-refractivity contribution is 9.10. The minimum absolute atomic E-state index is 0.117. The Labute approximate surface area is 100 Å². The largest absolute Gasteiger partial charge is 0.478 e. The molecular weight excluding hydrogens is 276 g/mol. The number of para-hydroxylation sites is 1. The number of rotatable bonds is 2. The van der Waals surface area contributed by atoms with Gasteiger partial charge < -0.3 is 10.4 Å². The molecule has 0 radical (unpaired) electrons. The molecule has 0 saturated carbocycles. The topological polar surface area (TPSA) is 69.6 Å². The second kappa shape index (κ2) is 4.13. The molecule has 0 unspecified atom stereocenters. The van der Waals surface area contributed by atoms with Crippen LogP contribution in [0, 0.1) is 0 Å². The molecule has 1 heterocycles. The predicted octanol–water partition coefficient (Wildman–Crippen LogP) is 1.68. The van der Waals surface area contributed by atoms with Crippen LogP contribution in [0.15, 0.2) is 22.7 Å². The van der Waals surface area contributed by atoms with Gasteiger partial charge >= 0.3 is 12.0 Å². The van der Waals surface area contributed by atoms with Crippen molar-refractivity contribution < 1.29 is 14.7 Å². The summed E-state index contributed by atoms with van der Waals surface area (Å²) in [5.41, 5.74) is 0.524. The predicted molar refractivity (Wildman–Crippen MR) is 61.8 cm³/mol. The number of aromatic carboxylic acids is 1. The van der Waals surface area contributed by atoms with Gasteiger partial charge in [0.25, 0.3) is 0 Å². The highest BCUT2D eigenvalue weighted by atomic mass is 79.9. The van der Waals surface area contributed by atoms with Gasteiger partial charge in [-0.1, -0.05) is 6.07 Å². The summed E-state index contributed by atoms with van der Waals surface area (Å²) in [5.74, 6) is -1.05. The smallest absolute Gasteiger partial charge is 0.337 e. The van der Waals surface area contributed by atoms with E-state index in [-0.39, 0.29) is 11.6 Å². The lowest BCUT2D eigenvalue weighted by atomic mass is 10.1. The molecule has 0 aliphatic carbocycles. The zero-order chi connectivity index (χ0) is 11.7. The fraction of sp³-hybridized carbons (Fsp3) is 0.200. The van der Waals surface area contributed by atoms with Crippen LogP contribution in [0.1, 0.15) is 10.4 Å². The molecule has 6 heteroatoms. The molecule has 5 nitrogen and oxygen atoms in total. The Hall–Kier alpha value is -1.56. The zero-order valence-corrected chi connectivity index (χ0v) is 9.82. The van der Waals surface area contributed by atoms with Crippen LogP contribution in [0.2, 0.25) is 0 Å². The van der Waals surface area contributed by atoms with Crippen LogP contribution in [0.3, 0.4) is 0 Å². The average molecular weight is 285 g/mol. The molecule has 16 heavy (non-hydrogen) atoms. The Morgan fingerprint density at radius 1 is 1.50 bits per heavy atom. The number of urea groups is 1. The fourth-order valence-electron chi connectivity index (χ4n) is 1.65. The lowest BCUT2D eigenvalue weighted by Gasteiger charge is -2.18. The Bertz CT molecular complexity index is 461. The number of anilines is 1. The average Bonchev–Trinajstić information content (AvgIpc) is 2.64. The summed E-state index contributed by atoms with van der Waals surface area (Å²) in [6.07, 6.45) is 0. The lowest BCUT2D eigenvalue weighted by molar-refractivity contribution is 0.0697. The molecule has 1 saturated heterocycles. The van der Waals surface area contributed by atoms with Crippen molar-refractivity contribution in [2.75, 3.05) is 18.0 Å². The summed E-state index contributed by atoms with van der Waals surface area (Å²) >= 11 is 3.27. The minimum atomic E-state index is -1.05. The number of benzene rings is 1. The van der Waals surface area contributed by atoms with Crippen LogP contribution >= 0.6 is 15.9 Å². The monoisotopic (exact) mass is 284 g/mol. The molecule has 1 fully saturated rings. The number of nitrogens with one attached hydrogen (secondary N) is 1. The van der Waals surface area contributed by atoms with E-state index in [1.807, 2.05) is 0 Å². The number of hydrogen-bond donors (Lipinski definition) is 2. The van der Waals surface area contributed by atoms with Gasteiger partial charge in [-0.15, -0.1) is 0 Å². The number of amides is 2. The number of carbonyl (C=O) groups excluding carboxylic acids is 1. The Kier molecular flexibility index (Phi) is 2.82. The van der Waals surface area contributed by atoms with E-state index in [1.165, 1.54) is 11.0 Å². The van der Waals surface area contributed by atoms with E-state index < -0.39 is 5.97 Å². The second-order valence-corrected chi connectivity index (χ2v) is 4.18. The quantitative estimate of drug-likeness (QED) is 0.868. The van der Waals surface area contributed by atoms with Crippen LogP contribution in [-0.4, -0.2) is 30.2 Å². The molecule has 1 aliphatic rings. The molecule has 0 atom stereocenters. The summed E-state index contributed by atoms with van der Waals surface area (Å²) in [6.45, 7) is 1.00. The van der Waals surface area contributed by atoms with Crippen molar-refractivity contribution >= 4 is 33.6 Å². The standard InChI is InChI=1S/C10H9BrN2O3/c11-7-3-1-2-6(9(14)15)8(7)13-5-4-12-10(13)16/h1-3H,4-5H2,(H,12,16)(H,14,15). The number of carboxylic acids is 1. The van der Waals surface area contributed by atoms with E-state index in [9.17, 15) is 9.59 Å². The summed E-state index contributed by atoms with van der Waals surface area (Å²) in [6, 6.07) is 4.56. The maximum atomic E-state index is 11.5. The normalized spacial score (nSPS) is 15.1. The SMILES string of the molecule is O=C(O)c1cccc(Br)c1N1CCNC1=O. The summed E-state index contributed by atoms with van der Waals surface area (Å²) < 4.78 is 0.601. The zero-order valence-electron chi connectivity index (χ0n) is 8.24. The summed E-state index contributed by atoms with van der Waals surface area (Å²) in [5, 5.41) is 11.7. The maximum absolute atomic E-state index is 11.5. The number of halogens is 1. The van der Waals surface area contributed by atoms with E-state index >= 15 is 0 Å². The van der Waals surface area contributed by atoms with Gasteiger partial charge in [0, 0.05) is 17.6 Å². The number of nitrogens with zero attached hydrogens (tertiary/aromatic N) is 1. The van der Waals surface area contributed by atoms with E-state index in [1.54, 1.807) is 12.1 Å². The fourth-order valence-corrected chi connectivity index (χ4v) is 2.23. The van der Waals surface area contributed by atoms with Crippen LogP contribution in [0.5, 0.6) is 0 Å². The summed E-state index contributed by atoms with van der Waals surface area (Å²) in [4.78, 5) is 24.0. The first-order valence-corrected chi connectivity index (χ1v) is 5.47. The van der Waals surface area contributed by atoms with Gasteiger partial charge in [0.2, 0.25) is 0 Å². The summed E-state index contributed by atoms with van der Waals surface area (Å²) in [7, 11) is 0. The first-order chi connectivity index (χ1) is 7.61. The lowest BCUT2D eigenvalue weighted by Crippen LogP contribution is -2.29. The Morgan fingerprint density at radius 3 is 2.81 bits per heavy atom. The van der Waals surface area contributed by atoms with Crippen LogP contribution in [-0.2, 0) is 0 Å². The molecule has 0 bridgehead atoms. The maximum Gasteiger partial charge on any atom is 0.337 e. The van der Waals surface area contributed by atoms with Gasteiger partial charge in [-0.3, -0.25) is 4.90 Å². The van der Waals surface area contributed by atoms with Crippen molar-refractivity contribution in [1.29, 1.82) is 0 Å². The van der Waals surface area contributed by atoms with Crippen molar-refractivity contribution in [2.45, 2.75) is 0 Å². The molecule has 1 aromatic rings. The minimum Gasteiger partial charge on any atom is -0.478 e. The molecular formula is C10H9BrN2O3. The third-order valence-electron chi connectivity index (χ3n) is 2.34.